The molecule has 0 saturated heterocycles. The number of hydrogen-bond acceptors (Lipinski definition) is 6. The standard InChI is InChI=1S/C20H19N3O5/c1-27-19(25)13-9-14(20(26)28-2)11-15(10-13)22-18(24)7-8-23-12-21-16-5-3-4-6-17(16)23/h3-6,9-12H,7-8H2,1-2H3,(H,22,24). The molecule has 0 spiro atoms. The van der Waals surface area contributed by atoms with E-state index in [0.717, 1.165) is 11.0 Å². The molecular formula is C20H19N3O5. The highest BCUT2D eigenvalue weighted by molar-refractivity contribution is 5.99. The third kappa shape index (κ3) is 4.17. The van der Waals surface area contributed by atoms with E-state index < -0.39 is 11.9 Å². The molecule has 1 N–H and O–H groups in total. The number of ether oxygens (including phenoxy) is 2. The number of amides is 1. The number of anilines is 1. The van der Waals surface area contributed by atoms with Crippen molar-refractivity contribution in [1.82, 2.24) is 9.55 Å². The highest BCUT2D eigenvalue weighted by atomic mass is 16.5. The molecule has 0 unspecified atom stereocenters. The average Bonchev–Trinajstić information content (AvgIpc) is 3.14. The summed E-state index contributed by atoms with van der Waals surface area (Å²) in [5, 5.41) is 2.70. The zero-order chi connectivity index (χ0) is 20.1. The van der Waals surface area contributed by atoms with Gasteiger partial charge in [0, 0.05) is 18.7 Å². The lowest BCUT2D eigenvalue weighted by atomic mass is 10.1. The number of esters is 2. The average molecular weight is 381 g/mol. The molecule has 0 saturated carbocycles. The van der Waals surface area contributed by atoms with Gasteiger partial charge in [0.05, 0.1) is 42.7 Å². The van der Waals surface area contributed by atoms with Crippen molar-refractivity contribution in [2.45, 2.75) is 13.0 Å². The topological polar surface area (TPSA) is 99.5 Å². The largest absolute Gasteiger partial charge is 0.465 e. The molecule has 0 radical (unpaired) electrons. The first-order chi connectivity index (χ1) is 13.5. The number of aryl methyl sites for hydroxylation is 1. The minimum Gasteiger partial charge on any atom is -0.465 e. The Bertz CT molecular complexity index is 1010. The van der Waals surface area contributed by atoms with E-state index in [9.17, 15) is 14.4 Å². The molecule has 8 heteroatoms. The second kappa shape index (κ2) is 8.34. The van der Waals surface area contributed by atoms with Gasteiger partial charge in [0.2, 0.25) is 5.91 Å². The first-order valence-corrected chi connectivity index (χ1v) is 8.53. The van der Waals surface area contributed by atoms with Crippen LogP contribution in [0.4, 0.5) is 5.69 Å². The van der Waals surface area contributed by atoms with Gasteiger partial charge in [0.25, 0.3) is 0 Å². The van der Waals surface area contributed by atoms with E-state index in [4.69, 9.17) is 0 Å². The van der Waals surface area contributed by atoms with Gasteiger partial charge < -0.3 is 19.4 Å². The summed E-state index contributed by atoms with van der Waals surface area (Å²) in [4.78, 5) is 40.3. The lowest BCUT2D eigenvalue weighted by Gasteiger charge is -2.10. The molecule has 0 fully saturated rings. The van der Waals surface area contributed by atoms with Gasteiger partial charge in [-0.25, -0.2) is 14.6 Å². The van der Waals surface area contributed by atoms with Gasteiger partial charge in [-0.05, 0) is 30.3 Å². The van der Waals surface area contributed by atoms with E-state index in [0.29, 0.717) is 12.2 Å². The van der Waals surface area contributed by atoms with Gasteiger partial charge in [-0.3, -0.25) is 4.79 Å². The second-order valence-electron chi connectivity index (χ2n) is 6.01. The molecule has 1 amide bonds. The summed E-state index contributed by atoms with van der Waals surface area (Å²) in [6, 6.07) is 11.9. The zero-order valence-corrected chi connectivity index (χ0v) is 15.5. The SMILES string of the molecule is COC(=O)c1cc(NC(=O)CCn2cnc3ccccc32)cc(C(=O)OC)c1. The summed E-state index contributed by atoms with van der Waals surface area (Å²) < 4.78 is 11.3. The summed E-state index contributed by atoms with van der Waals surface area (Å²) in [6.45, 7) is 0.437. The van der Waals surface area contributed by atoms with Crippen molar-refractivity contribution in [3.63, 3.8) is 0 Å². The number of methoxy groups -OCH3 is 2. The summed E-state index contributed by atoms with van der Waals surface area (Å²) in [5.74, 6) is -1.51. The predicted molar refractivity (Wildman–Crippen MR) is 102 cm³/mol. The molecule has 2 aromatic carbocycles. The molecule has 0 aliphatic rings. The summed E-state index contributed by atoms with van der Waals surface area (Å²) in [5.41, 5.74) is 2.39. The molecule has 0 aliphatic carbocycles. The van der Waals surface area contributed by atoms with Crippen LogP contribution in [-0.2, 0) is 20.8 Å². The van der Waals surface area contributed by atoms with Crippen LogP contribution >= 0.6 is 0 Å². The Morgan fingerprint density at radius 1 is 1.00 bits per heavy atom. The lowest BCUT2D eigenvalue weighted by Crippen LogP contribution is -2.16. The maximum atomic E-state index is 12.4. The molecule has 144 valence electrons. The van der Waals surface area contributed by atoms with Crippen LogP contribution in [0.3, 0.4) is 0 Å². The Morgan fingerprint density at radius 2 is 1.64 bits per heavy atom. The first-order valence-electron chi connectivity index (χ1n) is 8.53. The van der Waals surface area contributed by atoms with Crippen LogP contribution < -0.4 is 5.32 Å². The molecule has 3 aromatic rings. The van der Waals surface area contributed by atoms with Crippen LogP contribution in [0.1, 0.15) is 27.1 Å². The Hall–Kier alpha value is -3.68. The molecule has 8 nitrogen and oxygen atoms in total. The number of carbonyl (C=O) groups excluding carboxylic acids is 3. The molecule has 3 rings (SSSR count). The van der Waals surface area contributed by atoms with E-state index in [1.807, 2.05) is 28.8 Å². The van der Waals surface area contributed by atoms with E-state index >= 15 is 0 Å². The van der Waals surface area contributed by atoms with Gasteiger partial charge in [0.15, 0.2) is 0 Å². The number of imidazole rings is 1. The van der Waals surface area contributed by atoms with E-state index in [1.165, 1.54) is 32.4 Å². The van der Waals surface area contributed by atoms with Crippen molar-refractivity contribution < 1.29 is 23.9 Å². The number of aromatic nitrogens is 2. The van der Waals surface area contributed by atoms with Crippen molar-refractivity contribution in [1.29, 1.82) is 0 Å². The maximum absolute atomic E-state index is 12.4. The number of rotatable bonds is 6. The van der Waals surface area contributed by atoms with E-state index in [2.05, 4.69) is 19.8 Å². The normalized spacial score (nSPS) is 10.5. The van der Waals surface area contributed by atoms with E-state index in [-0.39, 0.29) is 23.5 Å². The number of nitrogens with zero attached hydrogens (tertiary/aromatic N) is 2. The number of hydrogen-bond donors (Lipinski definition) is 1. The van der Waals surface area contributed by atoms with Crippen LogP contribution in [-0.4, -0.2) is 41.6 Å². The van der Waals surface area contributed by atoms with Crippen molar-refractivity contribution in [3.8, 4) is 0 Å². The number of fused-ring (bicyclic) bond motifs is 1. The number of carbonyl (C=O) groups is 3. The molecule has 0 aliphatic heterocycles. The fourth-order valence-corrected chi connectivity index (χ4v) is 2.81. The monoisotopic (exact) mass is 381 g/mol. The predicted octanol–water partition coefficient (Wildman–Crippen LogP) is 2.64. The molecule has 1 heterocycles. The van der Waals surface area contributed by atoms with Crippen molar-refractivity contribution in [2.24, 2.45) is 0 Å². The zero-order valence-electron chi connectivity index (χ0n) is 15.5. The maximum Gasteiger partial charge on any atom is 0.337 e. The van der Waals surface area contributed by atoms with Crippen LogP contribution in [0.2, 0.25) is 0 Å². The van der Waals surface area contributed by atoms with Gasteiger partial charge in [-0.2, -0.15) is 0 Å². The van der Waals surface area contributed by atoms with Crippen molar-refractivity contribution in [2.75, 3.05) is 19.5 Å². The Balaban J connectivity index is 1.73. The second-order valence-corrected chi connectivity index (χ2v) is 6.01. The van der Waals surface area contributed by atoms with Gasteiger partial charge >= 0.3 is 11.9 Å². The molecule has 28 heavy (non-hydrogen) atoms. The van der Waals surface area contributed by atoms with Crippen LogP contribution in [0.15, 0.2) is 48.8 Å². The molecule has 0 bridgehead atoms. The van der Waals surface area contributed by atoms with Gasteiger partial charge in [-0.1, -0.05) is 12.1 Å². The fraction of sp³-hybridized carbons (Fsp3) is 0.200. The summed E-state index contributed by atoms with van der Waals surface area (Å²) >= 11 is 0. The third-order valence-corrected chi connectivity index (χ3v) is 4.17. The fourth-order valence-electron chi connectivity index (χ4n) is 2.81. The van der Waals surface area contributed by atoms with E-state index in [1.54, 1.807) is 6.33 Å². The molecule has 1 aromatic heterocycles. The van der Waals surface area contributed by atoms with Crippen molar-refractivity contribution in [3.05, 3.63) is 59.9 Å². The van der Waals surface area contributed by atoms with Crippen molar-refractivity contribution >= 4 is 34.6 Å². The Morgan fingerprint density at radius 3 is 2.29 bits per heavy atom. The van der Waals surface area contributed by atoms with Crippen LogP contribution in [0.5, 0.6) is 0 Å². The smallest absolute Gasteiger partial charge is 0.337 e. The lowest BCUT2D eigenvalue weighted by molar-refractivity contribution is -0.116. The highest BCUT2D eigenvalue weighted by Crippen LogP contribution is 2.18. The van der Waals surface area contributed by atoms with Crippen LogP contribution in [0.25, 0.3) is 11.0 Å². The number of nitrogens with one attached hydrogen (secondary N) is 1. The summed E-state index contributed by atoms with van der Waals surface area (Å²) in [6.07, 6.45) is 1.88. The minimum atomic E-state index is -0.619. The third-order valence-electron chi connectivity index (χ3n) is 4.17. The highest BCUT2D eigenvalue weighted by Gasteiger charge is 2.15. The Labute approximate surface area is 161 Å². The first kappa shape index (κ1) is 19.1. The number of para-hydroxylation sites is 2. The molecule has 0 atom stereocenters. The minimum absolute atomic E-state index is 0.140. The summed E-state index contributed by atoms with van der Waals surface area (Å²) in [7, 11) is 2.47. The Kier molecular flexibility index (Phi) is 5.69. The van der Waals surface area contributed by atoms with Gasteiger partial charge in [0.1, 0.15) is 0 Å². The number of benzene rings is 2. The van der Waals surface area contributed by atoms with Gasteiger partial charge in [-0.15, -0.1) is 0 Å². The van der Waals surface area contributed by atoms with Crippen LogP contribution in [0, 0.1) is 0 Å². The molecular weight excluding hydrogens is 362 g/mol. The quantitative estimate of drug-likeness (QED) is 0.659.